The van der Waals surface area contributed by atoms with Gasteiger partial charge in [0.1, 0.15) is 12.4 Å². The minimum atomic E-state index is -1.40. The molecule has 1 rings (SSSR count). The first-order chi connectivity index (χ1) is 6.61. The second kappa shape index (κ2) is 4.33. The Morgan fingerprint density at radius 1 is 1.71 bits per heavy atom. The van der Waals surface area contributed by atoms with Crippen molar-refractivity contribution in [1.82, 2.24) is 20.5 Å². The third kappa shape index (κ3) is 2.52. The molecule has 1 heterocycles. The van der Waals surface area contributed by atoms with E-state index in [0.29, 0.717) is 0 Å². The number of primary amides is 1. The third-order valence-electron chi connectivity index (χ3n) is 1.41. The quantitative estimate of drug-likeness (QED) is 0.421. The number of nitrogens with one attached hydrogen (secondary N) is 2. The van der Waals surface area contributed by atoms with Gasteiger partial charge in [-0.05, 0) is 0 Å². The molecule has 0 bridgehead atoms. The molecule has 1 aromatic heterocycles. The van der Waals surface area contributed by atoms with Crippen molar-refractivity contribution in [3.8, 4) is 0 Å². The highest BCUT2D eigenvalue weighted by Gasteiger charge is 2.14. The Morgan fingerprint density at radius 2 is 2.43 bits per heavy atom. The summed E-state index contributed by atoms with van der Waals surface area (Å²) >= 11 is 0. The van der Waals surface area contributed by atoms with E-state index in [1.807, 2.05) is 0 Å². The van der Waals surface area contributed by atoms with Crippen molar-refractivity contribution < 1.29 is 14.7 Å². The standard InChI is InChI=1S/C6H9N5O3/c7-4(13)3(12)1-8-6(14)5-9-2-10-11-5/h2-3,12H,1H2,(H2,7,13)(H,8,14)(H,9,10,11). The second-order valence-electron chi connectivity index (χ2n) is 2.46. The van der Waals surface area contributed by atoms with Gasteiger partial charge in [-0.15, -0.1) is 0 Å². The van der Waals surface area contributed by atoms with Crippen LogP contribution in [0.4, 0.5) is 0 Å². The summed E-state index contributed by atoms with van der Waals surface area (Å²) in [7, 11) is 0. The molecule has 0 saturated carbocycles. The summed E-state index contributed by atoms with van der Waals surface area (Å²) in [6.45, 7) is -0.255. The minimum absolute atomic E-state index is 0.00155. The lowest BCUT2D eigenvalue weighted by molar-refractivity contribution is -0.125. The van der Waals surface area contributed by atoms with E-state index in [1.54, 1.807) is 0 Å². The van der Waals surface area contributed by atoms with Gasteiger partial charge in [0.25, 0.3) is 5.91 Å². The van der Waals surface area contributed by atoms with E-state index in [1.165, 1.54) is 6.33 Å². The summed E-state index contributed by atoms with van der Waals surface area (Å²) in [4.78, 5) is 25.1. The molecule has 5 N–H and O–H groups in total. The van der Waals surface area contributed by atoms with Crippen molar-refractivity contribution in [2.45, 2.75) is 6.10 Å². The van der Waals surface area contributed by atoms with Crippen molar-refractivity contribution in [1.29, 1.82) is 0 Å². The van der Waals surface area contributed by atoms with E-state index in [2.05, 4.69) is 20.5 Å². The largest absolute Gasteiger partial charge is 0.381 e. The first-order valence-corrected chi connectivity index (χ1v) is 3.72. The van der Waals surface area contributed by atoms with E-state index in [4.69, 9.17) is 10.8 Å². The molecule has 8 nitrogen and oxygen atoms in total. The fourth-order valence-electron chi connectivity index (χ4n) is 0.689. The number of aromatic amines is 1. The SMILES string of the molecule is NC(=O)C(O)CNC(=O)c1ncn[nH]1. The average Bonchev–Trinajstić information content (AvgIpc) is 2.66. The van der Waals surface area contributed by atoms with Crippen molar-refractivity contribution in [2.75, 3.05) is 6.54 Å². The van der Waals surface area contributed by atoms with Gasteiger partial charge in [-0.25, -0.2) is 4.98 Å². The Hall–Kier alpha value is -1.96. The molecule has 0 fully saturated rings. The number of carbonyl (C=O) groups excluding carboxylic acids is 2. The highest BCUT2D eigenvalue weighted by atomic mass is 16.3. The molecule has 1 unspecified atom stereocenters. The Balaban J connectivity index is 2.40. The van der Waals surface area contributed by atoms with Crippen LogP contribution >= 0.6 is 0 Å². The molecule has 8 heteroatoms. The van der Waals surface area contributed by atoms with Crippen LogP contribution in [0.3, 0.4) is 0 Å². The molecule has 0 aliphatic carbocycles. The second-order valence-corrected chi connectivity index (χ2v) is 2.46. The number of aliphatic hydroxyl groups excluding tert-OH is 1. The molecule has 1 aromatic rings. The van der Waals surface area contributed by atoms with Gasteiger partial charge in [0, 0.05) is 0 Å². The predicted octanol–water partition coefficient (Wildman–Crippen LogP) is -2.62. The number of rotatable bonds is 4. The van der Waals surface area contributed by atoms with Gasteiger partial charge in [-0.1, -0.05) is 0 Å². The number of hydrogen-bond donors (Lipinski definition) is 4. The van der Waals surface area contributed by atoms with E-state index in [0.717, 1.165) is 0 Å². The van der Waals surface area contributed by atoms with Gasteiger partial charge in [0.2, 0.25) is 11.7 Å². The van der Waals surface area contributed by atoms with E-state index in [-0.39, 0.29) is 12.4 Å². The number of aromatic nitrogens is 3. The molecular formula is C6H9N5O3. The molecule has 0 aromatic carbocycles. The van der Waals surface area contributed by atoms with Crippen LogP contribution in [-0.4, -0.2) is 44.8 Å². The molecular weight excluding hydrogens is 190 g/mol. The Morgan fingerprint density at radius 3 is 2.93 bits per heavy atom. The van der Waals surface area contributed by atoms with Crippen LogP contribution in [0, 0.1) is 0 Å². The molecule has 0 saturated heterocycles. The molecule has 0 aliphatic rings. The van der Waals surface area contributed by atoms with E-state index >= 15 is 0 Å². The monoisotopic (exact) mass is 199 g/mol. The van der Waals surface area contributed by atoms with Crippen LogP contribution in [0.1, 0.15) is 10.6 Å². The lowest BCUT2D eigenvalue weighted by Crippen LogP contribution is -2.40. The number of carbonyl (C=O) groups is 2. The van der Waals surface area contributed by atoms with Crippen LogP contribution in [0.2, 0.25) is 0 Å². The van der Waals surface area contributed by atoms with E-state index in [9.17, 15) is 9.59 Å². The van der Waals surface area contributed by atoms with Crippen LogP contribution in [0.15, 0.2) is 6.33 Å². The number of aliphatic hydroxyl groups is 1. The highest BCUT2D eigenvalue weighted by molar-refractivity contribution is 5.90. The Bertz CT molecular complexity index is 322. The number of hydrogen-bond acceptors (Lipinski definition) is 5. The highest BCUT2D eigenvalue weighted by Crippen LogP contribution is 1.85. The summed E-state index contributed by atoms with van der Waals surface area (Å²) in [5.41, 5.74) is 4.76. The van der Waals surface area contributed by atoms with Crippen molar-refractivity contribution in [3.05, 3.63) is 12.2 Å². The van der Waals surface area contributed by atoms with Gasteiger partial charge in [0.15, 0.2) is 0 Å². The molecule has 0 spiro atoms. The Labute approximate surface area is 78.5 Å². The average molecular weight is 199 g/mol. The topological polar surface area (TPSA) is 134 Å². The van der Waals surface area contributed by atoms with Gasteiger partial charge in [-0.3, -0.25) is 14.7 Å². The molecule has 0 aliphatic heterocycles. The zero-order valence-corrected chi connectivity index (χ0v) is 7.10. The molecule has 14 heavy (non-hydrogen) atoms. The number of H-pyrrole nitrogens is 1. The lowest BCUT2D eigenvalue weighted by Gasteiger charge is -2.06. The first-order valence-electron chi connectivity index (χ1n) is 3.72. The van der Waals surface area contributed by atoms with Crippen LogP contribution < -0.4 is 11.1 Å². The Kier molecular flexibility index (Phi) is 3.13. The summed E-state index contributed by atoms with van der Waals surface area (Å²) in [6.07, 6.45) is -0.235. The first kappa shape index (κ1) is 10.1. The van der Waals surface area contributed by atoms with Gasteiger partial charge >= 0.3 is 0 Å². The van der Waals surface area contributed by atoms with Gasteiger partial charge < -0.3 is 16.2 Å². The number of nitrogens with zero attached hydrogens (tertiary/aromatic N) is 2. The van der Waals surface area contributed by atoms with Crippen LogP contribution in [-0.2, 0) is 4.79 Å². The number of nitrogens with two attached hydrogens (primary N) is 1. The number of amides is 2. The zero-order chi connectivity index (χ0) is 10.6. The molecule has 76 valence electrons. The molecule has 0 radical (unpaired) electrons. The lowest BCUT2D eigenvalue weighted by atomic mass is 10.3. The smallest absolute Gasteiger partial charge is 0.288 e. The predicted molar refractivity (Wildman–Crippen MR) is 43.9 cm³/mol. The minimum Gasteiger partial charge on any atom is -0.381 e. The maximum absolute atomic E-state index is 11.1. The summed E-state index contributed by atoms with van der Waals surface area (Å²) in [6, 6.07) is 0. The van der Waals surface area contributed by atoms with Crippen molar-refractivity contribution >= 4 is 11.8 Å². The molecule has 2 amide bonds. The summed E-state index contributed by atoms with van der Waals surface area (Å²) < 4.78 is 0. The third-order valence-corrected chi connectivity index (χ3v) is 1.41. The van der Waals surface area contributed by atoms with E-state index < -0.39 is 17.9 Å². The fraction of sp³-hybridized carbons (Fsp3) is 0.333. The van der Waals surface area contributed by atoms with Crippen molar-refractivity contribution in [2.24, 2.45) is 5.73 Å². The van der Waals surface area contributed by atoms with Crippen LogP contribution in [0.5, 0.6) is 0 Å². The normalized spacial score (nSPS) is 12.1. The zero-order valence-electron chi connectivity index (χ0n) is 7.10. The maximum atomic E-state index is 11.1. The van der Waals surface area contributed by atoms with Crippen LogP contribution in [0.25, 0.3) is 0 Å². The van der Waals surface area contributed by atoms with Gasteiger partial charge in [-0.2, -0.15) is 5.10 Å². The summed E-state index contributed by atoms with van der Waals surface area (Å²) in [5, 5.41) is 17.0. The van der Waals surface area contributed by atoms with Crippen molar-refractivity contribution in [3.63, 3.8) is 0 Å². The summed E-state index contributed by atoms with van der Waals surface area (Å²) in [5.74, 6) is -1.47. The molecule has 1 atom stereocenters. The fourth-order valence-corrected chi connectivity index (χ4v) is 0.689. The maximum Gasteiger partial charge on any atom is 0.288 e. The van der Waals surface area contributed by atoms with Gasteiger partial charge in [0.05, 0.1) is 6.54 Å².